The number of nitrogens with two attached hydrogens (primary N) is 1. The highest BCUT2D eigenvalue weighted by Crippen LogP contribution is 2.20. The van der Waals surface area contributed by atoms with Crippen molar-refractivity contribution in [2.45, 2.75) is 18.7 Å². The summed E-state index contributed by atoms with van der Waals surface area (Å²) in [5, 5.41) is 0.656. The first-order valence-corrected chi connectivity index (χ1v) is 6.23. The summed E-state index contributed by atoms with van der Waals surface area (Å²) in [6.07, 6.45) is 1.79. The summed E-state index contributed by atoms with van der Waals surface area (Å²) in [5.41, 5.74) is 6.47. The Bertz CT molecular complexity index is 331. The van der Waals surface area contributed by atoms with Gasteiger partial charge in [0, 0.05) is 36.8 Å². The van der Waals surface area contributed by atoms with Crippen molar-refractivity contribution in [2.75, 3.05) is 23.7 Å². The Morgan fingerprint density at radius 2 is 2.53 bits per heavy atom. The van der Waals surface area contributed by atoms with E-state index in [1.807, 2.05) is 17.8 Å². The zero-order chi connectivity index (χ0) is 10.7. The number of hydrogen-bond donors (Lipinski definition) is 1. The van der Waals surface area contributed by atoms with E-state index in [1.54, 1.807) is 6.20 Å². The van der Waals surface area contributed by atoms with Crippen LogP contribution in [0.25, 0.3) is 0 Å². The number of nitrogens with zero attached hydrogens (tertiary/aromatic N) is 3. The fourth-order valence-electron chi connectivity index (χ4n) is 1.65. The molecule has 5 heteroatoms. The van der Waals surface area contributed by atoms with Gasteiger partial charge in [-0.25, -0.2) is 9.97 Å². The van der Waals surface area contributed by atoms with Crippen LogP contribution in [0, 0.1) is 0 Å². The predicted octanol–water partition coefficient (Wildman–Crippen LogP) is 0.877. The Morgan fingerprint density at radius 1 is 1.67 bits per heavy atom. The van der Waals surface area contributed by atoms with Crippen molar-refractivity contribution >= 4 is 17.7 Å². The molecule has 0 aromatic carbocycles. The van der Waals surface area contributed by atoms with Gasteiger partial charge in [0.15, 0.2) is 0 Å². The molecule has 1 fully saturated rings. The molecule has 1 aromatic heterocycles. The van der Waals surface area contributed by atoms with Gasteiger partial charge in [-0.2, -0.15) is 11.8 Å². The molecule has 0 bridgehead atoms. The van der Waals surface area contributed by atoms with Crippen LogP contribution in [-0.4, -0.2) is 34.1 Å². The van der Waals surface area contributed by atoms with Crippen LogP contribution >= 0.6 is 11.8 Å². The lowest BCUT2D eigenvalue weighted by Crippen LogP contribution is -2.37. The summed E-state index contributed by atoms with van der Waals surface area (Å²) in [6, 6.07) is 1.87. The van der Waals surface area contributed by atoms with Crippen molar-refractivity contribution in [1.29, 1.82) is 0 Å². The molecule has 0 saturated carbocycles. The molecule has 2 heterocycles. The zero-order valence-corrected chi connectivity index (χ0v) is 9.70. The predicted molar refractivity (Wildman–Crippen MR) is 64.1 cm³/mol. The third-order valence-electron chi connectivity index (χ3n) is 2.43. The highest BCUT2D eigenvalue weighted by molar-refractivity contribution is 8.00. The maximum atomic E-state index is 5.56. The maximum absolute atomic E-state index is 5.56. The second-order valence-corrected chi connectivity index (χ2v) is 5.23. The summed E-state index contributed by atoms with van der Waals surface area (Å²) in [4.78, 5) is 11.0. The molecule has 0 amide bonds. The third kappa shape index (κ3) is 2.60. The molecule has 1 atom stereocenters. The first-order valence-electron chi connectivity index (χ1n) is 5.18. The summed E-state index contributed by atoms with van der Waals surface area (Å²) in [7, 11) is 0. The minimum Gasteiger partial charge on any atom is -0.339 e. The largest absolute Gasteiger partial charge is 0.339 e. The highest BCUT2D eigenvalue weighted by Gasteiger charge is 2.18. The first-order chi connectivity index (χ1) is 7.29. The minimum atomic E-state index is 0.480. The van der Waals surface area contributed by atoms with Gasteiger partial charge in [-0.15, -0.1) is 0 Å². The van der Waals surface area contributed by atoms with Gasteiger partial charge in [0.25, 0.3) is 0 Å². The number of anilines is 1. The van der Waals surface area contributed by atoms with Crippen LogP contribution < -0.4 is 10.6 Å². The molecule has 2 N–H and O–H groups in total. The van der Waals surface area contributed by atoms with Gasteiger partial charge in [-0.1, -0.05) is 6.92 Å². The molecule has 1 unspecified atom stereocenters. The quantitative estimate of drug-likeness (QED) is 0.808. The van der Waals surface area contributed by atoms with E-state index in [-0.39, 0.29) is 0 Å². The molecule has 0 aliphatic carbocycles. The van der Waals surface area contributed by atoms with Crippen molar-refractivity contribution in [3.8, 4) is 0 Å². The van der Waals surface area contributed by atoms with E-state index in [1.165, 1.54) is 0 Å². The average molecular weight is 224 g/mol. The van der Waals surface area contributed by atoms with Crippen molar-refractivity contribution in [3.05, 3.63) is 18.0 Å². The van der Waals surface area contributed by atoms with E-state index >= 15 is 0 Å². The van der Waals surface area contributed by atoms with E-state index in [0.717, 1.165) is 30.5 Å². The molecule has 0 spiro atoms. The zero-order valence-electron chi connectivity index (χ0n) is 8.89. The Hall–Kier alpha value is -0.810. The molecule has 15 heavy (non-hydrogen) atoms. The molecule has 1 aliphatic heterocycles. The smallest absolute Gasteiger partial charge is 0.225 e. The van der Waals surface area contributed by atoms with Crippen LogP contribution in [0.1, 0.15) is 12.6 Å². The summed E-state index contributed by atoms with van der Waals surface area (Å²) in [5.74, 6) is 1.97. The van der Waals surface area contributed by atoms with Gasteiger partial charge in [-0.3, -0.25) is 0 Å². The second kappa shape index (κ2) is 4.81. The van der Waals surface area contributed by atoms with E-state index < -0.39 is 0 Å². The van der Waals surface area contributed by atoms with Crippen molar-refractivity contribution in [3.63, 3.8) is 0 Å². The standard InChI is InChI=1S/C10H16N4S/c1-8-7-14(4-5-15-8)10-12-3-2-9(6-11)13-10/h2-3,8H,4-7,11H2,1H3. The number of rotatable bonds is 2. The maximum Gasteiger partial charge on any atom is 0.225 e. The third-order valence-corrected chi connectivity index (χ3v) is 3.57. The van der Waals surface area contributed by atoms with E-state index in [2.05, 4.69) is 21.8 Å². The van der Waals surface area contributed by atoms with Crippen LogP contribution in [0.5, 0.6) is 0 Å². The number of hydrogen-bond acceptors (Lipinski definition) is 5. The van der Waals surface area contributed by atoms with Gasteiger partial charge in [0.1, 0.15) is 0 Å². The summed E-state index contributed by atoms with van der Waals surface area (Å²) in [6.45, 7) is 4.78. The van der Waals surface area contributed by atoms with Crippen molar-refractivity contribution in [1.82, 2.24) is 9.97 Å². The van der Waals surface area contributed by atoms with Gasteiger partial charge < -0.3 is 10.6 Å². The molecular weight excluding hydrogens is 208 g/mol. The van der Waals surface area contributed by atoms with Gasteiger partial charge >= 0.3 is 0 Å². The van der Waals surface area contributed by atoms with Crippen LogP contribution in [0.2, 0.25) is 0 Å². The highest BCUT2D eigenvalue weighted by atomic mass is 32.2. The summed E-state index contributed by atoms with van der Waals surface area (Å²) >= 11 is 2.00. The van der Waals surface area contributed by atoms with Crippen molar-refractivity contribution < 1.29 is 0 Å². The lowest BCUT2D eigenvalue weighted by Gasteiger charge is -2.30. The van der Waals surface area contributed by atoms with Gasteiger partial charge in [0.05, 0.1) is 5.69 Å². The second-order valence-electron chi connectivity index (χ2n) is 3.68. The lowest BCUT2D eigenvalue weighted by molar-refractivity contribution is 0.748. The molecular formula is C10H16N4S. The van der Waals surface area contributed by atoms with Gasteiger partial charge in [-0.05, 0) is 6.07 Å². The van der Waals surface area contributed by atoms with Crippen LogP contribution in [-0.2, 0) is 6.54 Å². The Balaban J connectivity index is 2.13. The summed E-state index contributed by atoms with van der Waals surface area (Å²) < 4.78 is 0. The van der Waals surface area contributed by atoms with E-state index in [0.29, 0.717) is 11.8 Å². The molecule has 1 saturated heterocycles. The van der Waals surface area contributed by atoms with Crippen LogP contribution in [0.15, 0.2) is 12.3 Å². The molecule has 2 rings (SSSR count). The fourth-order valence-corrected chi connectivity index (χ4v) is 2.66. The molecule has 0 radical (unpaired) electrons. The molecule has 1 aromatic rings. The van der Waals surface area contributed by atoms with E-state index in [4.69, 9.17) is 5.73 Å². The Kier molecular flexibility index (Phi) is 3.43. The van der Waals surface area contributed by atoms with Crippen LogP contribution in [0.4, 0.5) is 5.95 Å². The van der Waals surface area contributed by atoms with Crippen molar-refractivity contribution in [2.24, 2.45) is 5.73 Å². The monoisotopic (exact) mass is 224 g/mol. The SMILES string of the molecule is CC1CN(c2nccc(CN)n2)CCS1. The fraction of sp³-hybridized carbons (Fsp3) is 0.600. The topological polar surface area (TPSA) is 55.0 Å². The molecule has 1 aliphatic rings. The van der Waals surface area contributed by atoms with E-state index in [9.17, 15) is 0 Å². The molecule has 4 nitrogen and oxygen atoms in total. The Morgan fingerprint density at radius 3 is 3.27 bits per heavy atom. The van der Waals surface area contributed by atoms with Gasteiger partial charge in [0.2, 0.25) is 5.95 Å². The molecule has 82 valence electrons. The average Bonchev–Trinajstić information content (AvgIpc) is 2.29. The normalized spacial score (nSPS) is 21.7. The lowest BCUT2D eigenvalue weighted by atomic mass is 10.4. The van der Waals surface area contributed by atoms with Crippen LogP contribution in [0.3, 0.4) is 0 Å². The number of aromatic nitrogens is 2. The number of thioether (sulfide) groups is 1. The first kappa shape index (κ1) is 10.7. The Labute approximate surface area is 94.3 Å². The minimum absolute atomic E-state index is 0.480.